The summed E-state index contributed by atoms with van der Waals surface area (Å²) in [5.74, 6) is 0.00252. The zero-order valence-electron chi connectivity index (χ0n) is 15.2. The minimum atomic E-state index is -0.691. The number of amides is 2. The van der Waals surface area contributed by atoms with Gasteiger partial charge in [0.2, 0.25) is 5.91 Å². The van der Waals surface area contributed by atoms with Crippen molar-refractivity contribution < 1.29 is 14.3 Å². The van der Waals surface area contributed by atoms with Gasteiger partial charge in [-0.05, 0) is 24.6 Å². The van der Waals surface area contributed by atoms with Crippen LogP contribution in [0.5, 0.6) is 0 Å². The first-order valence-electron chi connectivity index (χ1n) is 9.36. The minimum Gasteiger partial charge on any atom is -0.343 e. The Hall–Kier alpha value is -2.73. The Bertz CT molecular complexity index is 916. The smallest absolute Gasteiger partial charge is 0.256 e. The molecule has 2 aromatic rings. The number of pyridine rings is 1. The van der Waals surface area contributed by atoms with Crippen LogP contribution in [-0.2, 0) is 9.53 Å². The molecular weight excluding hydrogens is 342 g/mol. The quantitative estimate of drug-likeness (QED) is 0.821. The van der Waals surface area contributed by atoms with E-state index >= 15 is 0 Å². The molecule has 2 amide bonds. The third kappa shape index (κ3) is 2.33. The lowest BCUT2D eigenvalue weighted by atomic mass is 10.1. The molecule has 3 aliphatic heterocycles. The highest BCUT2D eigenvalue weighted by Crippen LogP contribution is 2.50. The molecule has 3 saturated heterocycles. The van der Waals surface area contributed by atoms with Crippen LogP contribution in [0.15, 0.2) is 48.7 Å². The molecule has 0 radical (unpaired) electrons. The third-order valence-electron chi connectivity index (χ3n) is 6.10. The number of hydrogen-bond acceptors (Lipinski definition) is 4. The Morgan fingerprint density at radius 2 is 2.04 bits per heavy atom. The summed E-state index contributed by atoms with van der Waals surface area (Å²) in [5.41, 5.74) is 1.68. The number of nitrogens with zero attached hydrogens (tertiary/aromatic N) is 3. The summed E-state index contributed by atoms with van der Waals surface area (Å²) in [6.45, 7) is 2.97. The predicted molar refractivity (Wildman–Crippen MR) is 97.7 cm³/mol. The summed E-state index contributed by atoms with van der Waals surface area (Å²) in [5, 5.41) is 0. The molecule has 6 heteroatoms. The summed E-state index contributed by atoms with van der Waals surface area (Å²) in [6.07, 6.45) is 2.51. The molecule has 3 fully saturated rings. The highest BCUT2D eigenvalue weighted by Gasteiger charge is 2.65. The second-order valence-electron chi connectivity index (χ2n) is 7.47. The van der Waals surface area contributed by atoms with Crippen molar-refractivity contribution in [2.45, 2.75) is 37.6 Å². The fourth-order valence-corrected chi connectivity index (χ4v) is 4.77. The van der Waals surface area contributed by atoms with Gasteiger partial charge in [-0.3, -0.25) is 14.6 Å². The Labute approximate surface area is 157 Å². The number of ether oxygens (including phenoxy) is 1. The molecular formula is C21H21N3O3. The average Bonchev–Trinajstić information content (AvgIpc) is 3.31. The second kappa shape index (κ2) is 5.89. The second-order valence-corrected chi connectivity index (χ2v) is 7.47. The Morgan fingerprint density at radius 1 is 1.22 bits per heavy atom. The first-order valence-corrected chi connectivity index (χ1v) is 9.36. The van der Waals surface area contributed by atoms with Crippen molar-refractivity contribution in [1.82, 2.24) is 14.8 Å². The van der Waals surface area contributed by atoms with E-state index < -0.39 is 5.72 Å². The molecule has 0 N–H and O–H groups in total. The van der Waals surface area contributed by atoms with E-state index in [1.807, 2.05) is 47.1 Å². The molecule has 1 spiro atoms. The van der Waals surface area contributed by atoms with Gasteiger partial charge in [-0.1, -0.05) is 30.3 Å². The lowest BCUT2D eigenvalue weighted by Crippen LogP contribution is -2.48. The largest absolute Gasteiger partial charge is 0.343 e. The molecule has 138 valence electrons. The number of benzene rings is 1. The monoisotopic (exact) mass is 363 g/mol. The maximum Gasteiger partial charge on any atom is 0.256 e. The maximum atomic E-state index is 13.2. The first-order chi connectivity index (χ1) is 13.1. The van der Waals surface area contributed by atoms with Crippen LogP contribution in [0.1, 0.15) is 40.6 Å². The van der Waals surface area contributed by atoms with Gasteiger partial charge in [-0.2, -0.15) is 0 Å². The zero-order chi connectivity index (χ0) is 18.6. The SMILES string of the molecule is Cc1ncccc1C(=O)N1CC[C@@]23O[C@H](c4ccccc4)CN2C(=O)C[C@@H]13. The van der Waals surface area contributed by atoms with E-state index in [-0.39, 0.29) is 24.0 Å². The van der Waals surface area contributed by atoms with E-state index in [4.69, 9.17) is 4.74 Å². The highest BCUT2D eigenvalue weighted by molar-refractivity contribution is 5.96. The van der Waals surface area contributed by atoms with E-state index in [1.54, 1.807) is 18.3 Å². The summed E-state index contributed by atoms with van der Waals surface area (Å²) in [6, 6.07) is 13.3. The standard InChI is InChI=1S/C21H21N3O3/c1-14-16(8-5-10-22-14)20(26)23-11-9-21-18(23)12-19(25)24(21)13-17(27-21)15-6-3-2-4-7-15/h2-8,10,17-18H,9,11-13H2,1H3/t17-,18+,21-/m0/s1. The summed E-state index contributed by atoms with van der Waals surface area (Å²) in [4.78, 5) is 33.8. The van der Waals surface area contributed by atoms with Gasteiger partial charge >= 0.3 is 0 Å². The van der Waals surface area contributed by atoms with Crippen LogP contribution in [-0.4, -0.2) is 51.5 Å². The summed E-state index contributed by atoms with van der Waals surface area (Å²) in [7, 11) is 0. The molecule has 0 bridgehead atoms. The Morgan fingerprint density at radius 3 is 2.81 bits per heavy atom. The van der Waals surface area contributed by atoms with Crippen molar-refractivity contribution in [3.05, 3.63) is 65.5 Å². The number of aryl methyl sites for hydroxylation is 1. The fourth-order valence-electron chi connectivity index (χ4n) is 4.77. The number of likely N-dealkylation sites (tertiary alicyclic amines) is 1. The van der Waals surface area contributed by atoms with Crippen molar-refractivity contribution in [1.29, 1.82) is 0 Å². The number of carbonyl (C=O) groups excluding carboxylic acids is 2. The lowest BCUT2D eigenvalue weighted by Gasteiger charge is -2.32. The molecule has 0 unspecified atom stereocenters. The molecule has 0 aliphatic carbocycles. The van der Waals surface area contributed by atoms with Gasteiger partial charge in [-0.25, -0.2) is 0 Å². The van der Waals surface area contributed by atoms with E-state index in [1.165, 1.54) is 0 Å². The van der Waals surface area contributed by atoms with E-state index in [0.717, 1.165) is 5.56 Å². The van der Waals surface area contributed by atoms with Gasteiger partial charge in [0.15, 0.2) is 5.72 Å². The Kier molecular flexibility index (Phi) is 3.59. The fraction of sp³-hybridized carbons (Fsp3) is 0.381. The van der Waals surface area contributed by atoms with Crippen LogP contribution in [0.3, 0.4) is 0 Å². The number of carbonyl (C=O) groups is 2. The van der Waals surface area contributed by atoms with Gasteiger partial charge in [0.05, 0.1) is 24.6 Å². The van der Waals surface area contributed by atoms with Crippen LogP contribution < -0.4 is 0 Å². The number of hydrogen-bond donors (Lipinski definition) is 0. The van der Waals surface area contributed by atoms with Gasteiger partial charge in [0.25, 0.3) is 5.91 Å². The lowest BCUT2D eigenvalue weighted by molar-refractivity contribution is -0.138. The van der Waals surface area contributed by atoms with Crippen molar-refractivity contribution in [2.24, 2.45) is 0 Å². The van der Waals surface area contributed by atoms with Crippen LogP contribution in [0.2, 0.25) is 0 Å². The molecule has 6 nitrogen and oxygen atoms in total. The molecule has 3 aliphatic rings. The topological polar surface area (TPSA) is 62.7 Å². The molecule has 5 rings (SSSR count). The summed E-state index contributed by atoms with van der Waals surface area (Å²) >= 11 is 0. The van der Waals surface area contributed by atoms with Crippen molar-refractivity contribution >= 4 is 11.8 Å². The molecule has 0 saturated carbocycles. The van der Waals surface area contributed by atoms with Gasteiger partial charge in [0.1, 0.15) is 6.10 Å². The van der Waals surface area contributed by atoms with Crippen molar-refractivity contribution in [2.75, 3.05) is 13.1 Å². The van der Waals surface area contributed by atoms with Crippen molar-refractivity contribution in [3.8, 4) is 0 Å². The van der Waals surface area contributed by atoms with E-state index in [2.05, 4.69) is 4.98 Å². The molecule has 3 atom stereocenters. The average molecular weight is 363 g/mol. The van der Waals surface area contributed by atoms with E-state index in [0.29, 0.717) is 37.2 Å². The first kappa shape index (κ1) is 16.4. The van der Waals surface area contributed by atoms with Gasteiger partial charge in [-0.15, -0.1) is 0 Å². The minimum absolute atomic E-state index is 0.0658. The number of aromatic nitrogens is 1. The van der Waals surface area contributed by atoms with Gasteiger partial charge < -0.3 is 14.5 Å². The molecule has 27 heavy (non-hydrogen) atoms. The Balaban J connectivity index is 1.46. The van der Waals surface area contributed by atoms with Crippen molar-refractivity contribution in [3.63, 3.8) is 0 Å². The normalized spacial score (nSPS) is 29.1. The zero-order valence-corrected chi connectivity index (χ0v) is 15.2. The summed E-state index contributed by atoms with van der Waals surface area (Å²) < 4.78 is 6.50. The van der Waals surface area contributed by atoms with Crippen LogP contribution in [0, 0.1) is 6.92 Å². The third-order valence-corrected chi connectivity index (χ3v) is 6.10. The maximum absolute atomic E-state index is 13.2. The molecule has 1 aromatic heterocycles. The molecule has 1 aromatic carbocycles. The van der Waals surface area contributed by atoms with Crippen LogP contribution in [0.4, 0.5) is 0 Å². The predicted octanol–water partition coefficient (Wildman–Crippen LogP) is 2.30. The van der Waals surface area contributed by atoms with Gasteiger partial charge in [0, 0.05) is 24.9 Å². The van der Waals surface area contributed by atoms with E-state index in [9.17, 15) is 9.59 Å². The highest BCUT2D eigenvalue weighted by atomic mass is 16.5. The molecule has 4 heterocycles. The van der Waals surface area contributed by atoms with Crippen LogP contribution in [0.25, 0.3) is 0 Å². The number of rotatable bonds is 2. The van der Waals surface area contributed by atoms with Crippen LogP contribution >= 0.6 is 0 Å².